The minimum Gasteiger partial charge on any atom is -0.366 e. The summed E-state index contributed by atoms with van der Waals surface area (Å²) >= 11 is 0. The highest BCUT2D eigenvalue weighted by Gasteiger charge is 2.30. The average Bonchev–Trinajstić information content (AvgIpc) is 3.38. The summed E-state index contributed by atoms with van der Waals surface area (Å²) in [5, 5.41) is 3.54. The minimum absolute atomic E-state index is 0.137. The number of primary amides is 1. The van der Waals surface area contributed by atoms with Gasteiger partial charge in [0.25, 0.3) is 0 Å². The predicted molar refractivity (Wildman–Crippen MR) is 87.5 cm³/mol. The summed E-state index contributed by atoms with van der Waals surface area (Å²) in [5.41, 5.74) is 5.44. The summed E-state index contributed by atoms with van der Waals surface area (Å²) in [6, 6.07) is 6.35. The van der Waals surface area contributed by atoms with Crippen LogP contribution in [-0.2, 0) is 10.0 Å². The zero-order valence-electron chi connectivity index (χ0n) is 13.1. The van der Waals surface area contributed by atoms with Crippen molar-refractivity contribution in [1.82, 2.24) is 9.62 Å². The Morgan fingerprint density at radius 2 is 1.91 bits per heavy atom. The van der Waals surface area contributed by atoms with Crippen LogP contribution in [0.25, 0.3) is 0 Å². The number of piperidine rings is 1. The van der Waals surface area contributed by atoms with E-state index in [4.69, 9.17) is 5.73 Å². The van der Waals surface area contributed by atoms with Gasteiger partial charge in [-0.25, -0.2) is 8.42 Å². The van der Waals surface area contributed by atoms with E-state index in [-0.39, 0.29) is 10.5 Å². The zero-order chi connectivity index (χ0) is 16.4. The number of nitrogens with zero attached hydrogens (tertiary/aromatic N) is 1. The number of rotatable bonds is 6. The second kappa shape index (κ2) is 6.59. The number of nitrogens with one attached hydrogen (secondary N) is 1. The molecule has 1 aromatic carbocycles. The molecule has 23 heavy (non-hydrogen) atoms. The minimum atomic E-state index is -3.56. The molecule has 0 bridgehead atoms. The third-order valence-electron chi connectivity index (χ3n) is 4.60. The third-order valence-corrected chi connectivity index (χ3v) is 6.50. The van der Waals surface area contributed by atoms with Crippen LogP contribution in [0.2, 0.25) is 0 Å². The van der Waals surface area contributed by atoms with E-state index in [0.29, 0.717) is 19.1 Å². The highest BCUT2D eigenvalue weighted by atomic mass is 32.2. The highest BCUT2D eigenvalue weighted by molar-refractivity contribution is 7.89. The fourth-order valence-electron chi connectivity index (χ4n) is 2.91. The van der Waals surface area contributed by atoms with Crippen molar-refractivity contribution in [2.45, 2.75) is 36.6 Å². The number of nitrogens with two attached hydrogens (primary N) is 1. The number of amides is 1. The lowest BCUT2D eigenvalue weighted by Gasteiger charge is -2.31. The second-order valence-electron chi connectivity index (χ2n) is 6.42. The topological polar surface area (TPSA) is 92.5 Å². The van der Waals surface area contributed by atoms with E-state index >= 15 is 0 Å². The molecule has 1 saturated carbocycles. The van der Waals surface area contributed by atoms with E-state index in [2.05, 4.69) is 5.32 Å². The van der Waals surface area contributed by atoms with Crippen molar-refractivity contribution in [1.29, 1.82) is 0 Å². The highest BCUT2D eigenvalue weighted by Crippen LogP contribution is 2.28. The van der Waals surface area contributed by atoms with Crippen LogP contribution in [0.5, 0.6) is 0 Å². The molecule has 3 rings (SSSR count). The van der Waals surface area contributed by atoms with E-state index in [1.54, 1.807) is 6.07 Å². The largest absolute Gasteiger partial charge is 0.366 e. The Labute approximate surface area is 137 Å². The van der Waals surface area contributed by atoms with Crippen LogP contribution in [-0.4, -0.2) is 44.3 Å². The van der Waals surface area contributed by atoms with Crippen molar-refractivity contribution >= 4 is 15.9 Å². The molecule has 1 aliphatic heterocycles. The first-order valence-electron chi connectivity index (χ1n) is 8.10. The Morgan fingerprint density at radius 3 is 2.52 bits per heavy atom. The van der Waals surface area contributed by atoms with Crippen molar-refractivity contribution in [3.05, 3.63) is 29.8 Å². The van der Waals surface area contributed by atoms with Crippen molar-refractivity contribution in [3.63, 3.8) is 0 Å². The normalized spacial score (nSPS) is 20.5. The predicted octanol–water partition coefficient (Wildman–Crippen LogP) is 0.938. The van der Waals surface area contributed by atoms with Crippen molar-refractivity contribution in [2.75, 3.05) is 19.6 Å². The van der Waals surface area contributed by atoms with Crippen LogP contribution in [0.4, 0.5) is 0 Å². The molecule has 1 heterocycles. The molecule has 1 amide bonds. The Bertz CT molecular complexity index is 678. The van der Waals surface area contributed by atoms with E-state index < -0.39 is 15.9 Å². The zero-order valence-corrected chi connectivity index (χ0v) is 13.9. The second-order valence-corrected chi connectivity index (χ2v) is 8.36. The summed E-state index contributed by atoms with van der Waals surface area (Å²) in [7, 11) is -3.56. The SMILES string of the molecule is NC(=O)c1cccc(S(=O)(=O)N2CCC(NCC3CC3)CC2)c1. The quantitative estimate of drug-likeness (QED) is 0.808. The van der Waals surface area contributed by atoms with Crippen molar-refractivity contribution in [2.24, 2.45) is 11.7 Å². The Kier molecular flexibility index (Phi) is 4.70. The van der Waals surface area contributed by atoms with Gasteiger partial charge < -0.3 is 11.1 Å². The lowest BCUT2D eigenvalue weighted by molar-refractivity contribution is 0.1000. The Balaban J connectivity index is 1.64. The van der Waals surface area contributed by atoms with Gasteiger partial charge in [-0.15, -0.1) is 0 Å². The Hall–Kier alpha value is -1.44. The van der Waals surface area contributed by atoms with Crippen molar-refractivity contribution < 1.29 is 13.2 Å². The first kappa shape index (κ1) is 16.4. The molecule has 2 fully saturated rings. The molecule has 6 nitrogen and oxygen atoms in total. The molecule has 1 aromatic rings. The van der Waals surface area contributed by atoms with Gasteiger partial charge in [0.2, 0.25) is 15.9 Å². The first-order chi connectivity index (χ1) is 11.0. The van der Waals surface area contributed by atoms with E-state index in [1.165, 1.54) is 35.3 Å². The van der Waals surface area contributed by atoms with Gasteiger partial charge in [0.15, 0.2) is 0 Å². The number of carbonyl (C=O) groups excluding carboxylic acids is 1. The molecule has 126 valence electrons. The molecule has 0 unspecified atom stereocenters. The smallest absolute Gasteiger partial charge is 0.248 e. The molecule has 1 saturated heterocycles. The van der Waals surface area contributed by atoms with Gasteiger partial charge in [0, 0.05) is 24.7 Å². The number of benzene rings is 1. The maximum absolute atomic E-state index is 12.7. The molecule has 0 spiro atoms. The summed E-state index contributed by atoms with van der Waals surface area (Å²) in [5.74, 6) is 0.207. The maximum Gasteiger partial charge on any atom is 0.248 e. The van der Waals surface area contributed by atoms with Crippen LogP contribution in [0, 0.1) is 5.92 Å². The number of hydrogen-bond donors (Lipinski definition) is 2. The van der Waals surface area contributed by atoms with Gasteiger partial charge in [0.05, 0.1) is 4.90 Å². The van der Waals surface area contributed by atoms with E-state index in [0.717, 1.165) is 25.3 Å². The summed E-state index contributed by atoms with van der Waals surface area (Å²) < 4.78 is 26.9. The first-order valence-corrected chi connectivity index (χ1v) is 9.54. The third kappa shape index (κ3) is 3.91. The molecule has 3 N–H and O–H groups in total. The molecule has 2 aliphatic rings. The van der Waals surface area contributed by atoms with Gasteiger partial charge in [-0.1, -0.05) is 6.07 Å². The fourth-order valence-corrected chi connectivity index (χ4v) is 4.43. The van der Waals surface area contributed by atoms with Crippen molar-refractivity contribution in [3.8, 4) is 0 Å². The summed E-state index contributed by atoms with van der Waals surface area (Å²) in [6.07, 6.45) is 4.27. The van der Waals surface area contributed by atoms with Gasteiger partial charge in [-0.2, -0.15) is 4.31 Å². The number of sulfonamides is 1. The molecule has 0 aromatic heterocycles. The molecular weight excluding hydrogens is 314 g/mol. The standard InChI is InChI=1S/C16H23N3O3S/c17-16(20)13-2-1-3-15(10-13)23(21,22)19-8-6-14(7-9-19)18-11-12-4-5-12/h1-3,10,12,14,18H,4-9,11H2,(H2,17,20). The van der Waals surface area contributed by atoms with Crippen LogP contribution in [0.15, 0.2) is 29.2 Å². The van der Waals surface area contributed by atoms with Gasteiger partial charge >= 0.3 is 0 Å². The number of carbonyl (C=O) groups is 1. The van der Waals surface area contributed by atoms with E-state index in [1.807, 2.05) is 0 Å². The fraction of sp³-hybridized carbons (Fsp3) is 0.562. The lowest BCUT2D eigenvalue weighted by Crippen LogP contribution is -2.45. The molecule has 7 heteroatoms. The lowest BCUT2D eigenvalue weighted by atomic mass is 10.1. The molecule has 0 radical (unpaired) electrons. The van der Waals surface area contributed by atoms with Crippen LogP contribution >= 0.6 is 0 Å². The van der Waals surface area contributed by atoms with Gasteiger partial charge in [-0.05, 0) is 56.3 Å². The molecule has 0 atom stereocenters. The molecular formula is C16H23N3O3S. The van der Waals surface area contributed by atoms with Crippen LogP contribution in [0.1, 0.15) is 36.0 Å². The van der Waals surface area contributed by atoms with E-state index in [9.17, 15) is 13.2 Å². The van der Waals surface area contributed by atoms with Gasteiger partial charge in [0.1, 0.15) is 0 Å². The molecule has 1 aliphatic carbocycles. The maximum atomic E-state index is 12.7. The summed E-state index contributed by atoms with van der Waals surface area (Å²) in [4.78, 5) is 11.4. The monoisotopic (exact) mass is 337 g/mol. The van der Waals surface area contributed by atoms with Crippen LogP contribution < -0.4 is 11.1 Å². The average molecular weight is 337 g/mol. The van der Waals surface area contributed by atoms with Gasteiger partial charge in [-0.3, -0.25) is 4.79 Å². The number of hydrogen-bond acceptors (Lipinski definition) is 4. The summed E-state index contributed by atoms with van der Waals surface area (Å²) in [6.45, 7) is 2.06. The van der Waals surface area contributed by atoms with Crippen LogP contribution in [0.3, 0.4) is 0 Å². The Morgan fingerprint density at radius 1 is 1.22 bits per heavy atom.